The zero-order valence-electron chi connectivity index (χ0n) is 19.4. The number of hydrogen-bond acceptors (Lipinski definition) is 7. The van der Waals surface area contributed by atoms with Gasteiger partial charge in [0, 0.05) is 44.7 Å². The van der Waals surface area contributed by atoms with Gasteiger partial charge in [-0.1, -0.05) is 11.3 Å². The van der Waals surface area contributed by atoms with E-state index in [1.165, 1.54) is 0 Å². The van der Waals surface area contributed by atoms with Crippen molar-refractivity contribution in [3.05, 3.63) is 30.5 Å². The second-order valence-corrected chi connectivity index (χ2v) is 9.81. The number of likely N-dealkylation sites (tertiary alicyclic amines) is 1. The highest BCUT2D eigenvalue weighted by Crippen LogP contribution is 2.30. The van der Waals surface area contributed by atoms with Gasteiger partial charge in [-0.3, -0.25) is 9.59 Å². The molecule has 0 aliphatic carbocycles. The molecule has 34 heavy (non-hydrogen) atoms. The van der Waals surface area contributed by atoms with E-state index in [-0.39, 0.29) is 17.7 Å². The monoisotopic (exact) mass is 482 g/mol. The normalized spacial score (nSPS) is 18.6. The fraction of sp³-hybridized carbons (Fsp3) is 0.500. The number of nitrogens with zero attached hydrogens (tertiary/aromatic N) is 5. The molecule has 1 N–H and O–H groups in total. The van der Waals surface area contributed by atoms with E-state index in [4.69, 9.17) is 14.8 Å². The molecule has 0 radical (unpaired) electrons. The smallest absolute Gasteiger partial charge is 0.224 e. The SMILES string of the molecule is COc1ccc(-c2cn3nc(N4CCC[C@@H](C(=O)NCCCN5CCCC5=O)C4)sc3n2)cc1. The van der Waals surface area contributed by atoms with E-state index in [2.05, 4.69) is 10.2 Å². The number of hydrogen-bond donors (Lipinski definition) is 1. The fourth-order valence-corrected chi connectivity index (χ4v) is 5.57. The lowest BCUT2D eigenvalue weighted by Gasteiger charge is -2.31. The minimum absolute atomic E-state index is 0.0479. The predicted molar refractivity (Wildman–Crippen MR) is 131 cm³/mol. The van der Waals surface area contributed by atoms with Crippen molar-refractivity contribution < 1.29 is 14.3 Å². The van der Waals surface area contributed by atoms with E-state index >= 15 is 0 Å². The molecule has 0 unspecified atom stereocenters. The number of benzene rings is 1. The minimum Gasteiger partial charge on any atom is -0.497 e. The van der Waals surface area contributed by atoms with Gasteiger partial charge < -0.3 is 19.9 Å². The largest absolute Gasteiger partial charge is 0.497 e. The zero-order valence-corrected chi connectivity index (χ0v) is 20.2. The minimum atomic E-state index is -0.0479. The fourth-order valence-electron chi connectivity index (χ4n) is 4.65. The summed E-state index contributed by atoms with van der Waals surface area (Å²) in [5.41, 5.74) is 1.89. The van der Waals surface area contributed by atoms with Crippen LogP contribution in [0.3, 0.4) is 0 Å². The number of aromatic nitrogens is 3. The Morgan fingerprint density at radius 2 is 2.09 bits per heavy atom. The molecule has 0 saturated carbocycles. The number of carbonyl (C=O) groups excluding carboxylic acids is 2. The Morgan fingerprint density at radius 1 is 1.24 bits per heavy atom. The first kappa shape index (κ1) is 22.6. The highest BCUT2D eigenvalue weighted by Gasteiger charge is 2.28. The summed E-state index contributed by atoms with van der Waals surface area (Å²) in [4.78, 5) is 34.1. The first-order valence-electron chi connectivity index (χ1n) is 11.9. The molecule has 3 aromatic rings. The lowest BCUT2D eigenvalue weighted by atomic mass is 9.97. The number of fused-ring (bicyclic) bond motifs is 1. The van der Waals surface area contributed by atoms with Crippen molar-refractivity contribution in [1.29, 1.82) is 0 Å². The molecule has 0 spiro atoms. The van der Waals surface area contributed by atoms with Crippen molar-refractivity contribution >= 4 is 33.2 Å². The molecule has 2 fully saturated rings. The van der Waals surface area contributed by atoms with Crippen molar-refractivity contribution in [3.63, 3.8) is 0 Å². The molecule has 0 bridgehead atoms. The van der Waals surface area contributed by atoms with Crippen molar-refractivity contribution in [3.8, 4) is 17.0 Å². The molecule has 2 aliphatic heterocycles. The van der Waals surface area contributed by atoms with Crippen LogP contribution in [0.2, 0.25) is 0 Å². The van der Waals surface area contributed by atoms with E-state index in [0.717, 1.165) is 72.4 Å². The van der Waals surface area contributed by atoms with Crippen molar-refractivity contribution in [2.75, 3.05) is 44.7 Å². The summed E-state index contributed by atoms with van der Waals surface area (Å²) in [5.74, 6) is 1.10. The van der Waals surface area contributed by atoms with Crippen molar-refractivity contribution in [1.82, 2.24) is 24.8 Å². The van der Waals surface area contributed by atoms with Gasteiger partial charge in [-0.2, -0.15) is 0 Å². The third-order valence-electron chi connectivity index (χ3n) is 6.56. The summed E-state index contributed by atoms with van der Waals surface area (Å²) in [6, 6.07) is 7.82. The van der Waals surface area contributed by atoms with Gasteiger partial charge in [-0.05, 0) is 49.9 Å². The summed E-state index contributed by atoms with van der Waals surface area (Å²) in [6.07, 6.45) is 6.20. The second kappa shape index (κ2) is 10.0. The van der Waals surface area contributed by atoms with Gasteiger partial charge in [-0.25, -0.2) is 9.50 Å². The van der Waals surface area contributed by atoms with Gasteiger partial charge in [0.1, 0.15) is 5.75 Å². The average Bonchev–Trinajstić information content (AvgIpc) is 3.57. The molecule has 180 valence electrons. The highest BCUT2D eigenvalue weighted by atomic mass is 32.1. The number of imidazole rings is 1. The number of amides is 2. The van der Waals surface area contributed by atoms with Crippen LogP contribution in [0.5, 0.6) is 5.75 Å². The number of piperidine rings is 1. The topological polar surface area (TPSA) is 92.1 Å². The standard InChI is InChI=1S/C24H30N6O3S/c1-33-19-9-7-17(8-10-19)20-16-30-23(26-20)34-24(27-30)29-13-2-5-18(15-29)22(32)25-11-4-14-28-12-3-6-21(28)31/h7-10,16,18H,2-6,11-15H2,1H3,(H,25,32)/t18-/m1/s1. The quantitative estimate of drug-likeness (QED) is 0.497. The van der Waals surface area contributed by atoms with Gasteiger partial charge in [0.25, 0.3) is 0 Å². The molecular weight excluding hydrogens is 452 g/mol. The number of ether oxygens (including phenoxy) is 1. The molecule has 2 amide bonds. The Morgan fingerprint density at radius 3 is 2.82 bits per heavy atom. The first-order chi connectivity index (χ1) is 16.6. The molecule has 2 aliphatic rings. The van der Waals surface area contributed by atoms with E-state index < -0.39 is 0 Å². The Hall–Kier alpha value is -3.14. The van der Waals surface area contributed by atoms with Crippen LogP contribution in [0.1, 0.15) is 32.1 Å². The van der Waals surface area contributed by atoms with E-state index in [0.29, 0.717) is 19.5 Å². The number of anilines is 1. The maximum atomic E-state index is 12.7. The summed E-state index contributed by atoms with van der Waals surface area (Å²) in [6.45, 7) is 3.75. The summed E-state index contributed by atoms with van der Waals surface area (Å²) in [5, 5.41) is 8.71. The molecule has 1 atom stereocenters. The molecule has 2 saturated heterocycles. The molecule has 5 rings (SSSR count). The zero-order chi connectivity index (χ0) is 23.5. The van der Waals surface area contributed by atoms with E-state index in [1.807, 2.05) is 39.9 Å². The van der Waals surface area contributed by atoms with E-state index in [9.17, 15) is 9.59 Å². The molecular formula is C24H30N6O3S. The van der Waals surface area contributed by atoms with Gasteiger partial charge in [0.05, 0.1) is 24.9 Å². The Kier molecular flexibility index (Phi) is 6.66. The number of rotatable bonds is 8. The molecule has 2 aromatic heterocycles. The van der Waals surface area contributed by atoms with Gasteiger partial charge in [0.2, 0.25) is 21.9 Å². The van der Waals surface area contributed by atoms with Crippen molar-refractivity contribution in [2.24, 2.45) is 5.92 Å². The number of carbonyl (C=O) groups is 2. The van der Waals surface area contributed by atoms with Crippen LogP contribution in [0, 0.1) is 5.92 Å². The van der Waals surface area contributed by atoms with E-state index in [1.54, 1.807) is 18.4 Å². The van der Waals surface area contributed by atoms with Gasteiger partial charge in [0.15, 0.2) is 0 Å². The van der Waals surface area contributed by atoms with Crippen LogP contribution in [0.25, 0.3) is 16.2 Å². The predicted octanol–water partition coefficient (Wildman–Crippen LogP) is 2.81. The third-order valence-corrected chi connectivity index (χ3v) is 7.54. The lowest BCUT2D eigenvalue weighted by Crippen LogP contribution is -2.43. The first-order valence-corrected chi connectivity index (χ1v) is 12.7. The third kappa shape index (κ3) is 4.86. The van der Waals surface area contributed by atoms with Crippen LogP contribution < -0.4 is 15.0 Å². The van der Waals surface area contributed by atoms with Crippen LogP contribution in [0.15, 0.2) is 30.5 Å². The molecule has 4 heterocycles. The number of nitrogens with one attached hydrogen (secondary N) is 1. The lowest BCUT2D eigenvalue weighted by molar-refractivity contribution is -0.127. The summed E-state index contributed by atoms with van der Waals surface area (Å²) >= 11 is 1.55. The van der Waals surface area contributed by atoms with Gasteiger partial charge in [-0.15, -0.1) is 5.10 Å². The maximum absolute atomic E-state index is 12.7. The van der Waals surface area contributed by atoms with Crippen LogP contribution in [-0.2, 0) is 9.59 Å². The van der Waals surface area contributed by atoms with Crippen LogP contribution >= 0.6 is 11.3 Å². The van der Waals surface area contributed by atoms with Crippen LogP contribution in [0.4, 0.5) is 5.13 Å². The summed E-state index contributed by atoms with van der Waals surface area (Å²) < 4.78 is 7.05. The van der Waals surface area contributed by atoms with Gasteiger partial charge >= 0.3 is 0 Å². The Balaban J connectivity index is 1.16. The molecule has 10 heteroatoms. The number of methoxy groups -OCH3 is 1. The maximum Gasteiger partial charge on any atom is 0.224 e. The van der Waals surface area contributed by atoms with Crippen molar-refractivity contribution in [2.45, 2.75) is 32.1 Å². The molecule has 1 aromatic carbocycles. The molecule has 9 nitrogen and oxygen atoms in total. The average molecular weight is 483 g/mol. The second-order valence-electron chi connectivity index (χ2n) is 8.88. The Labute approximate surface area is 202 Å². The highest BCUT2D eigenvalue weighted by molar-refractivity contribution is 7.20. The Bertz CT molecular complexity index is 1130. The summed E-state index contributed by atoms with van der Waals surface area (Å²) in [7, 11) is 1.65. The van der Waals surface area contributed by atoms with Crippen LogP contribution in [-0.4, -0.2) is 71.1 Å².